The lowest BCUT2D eigenvalue weighted by atomic mass is 9.96. The molecule has 142 valence electrons. The summed E-state index contributed by atoms with van der Waals surface area (Å²) in [7, 11) is 0. The van der Waals surface area contributed by atoms with Gasteiger partial charge in [0.25, 0.3) is 0 Å². The molecule has 1 amide bonds. The number of nitrogens with zero attached hydrogens (tertiary/aromatic N) is 3. The van der Waals surface area contributed by atoms with Crippen LogP contribution in [0.3, 0.4) is 0 Å². The molecule has 1 saturated heterocycles. The SMILES string of the molecule is C[C@H](C(=O)Nc1ccccc1C#N)N1CCC(c2nc3ccccc3s2)CC1. The summed E-state index contributed by atoms with van der Waals surface area (Å²) in [6.07, 6.45) is 2.01. The Morgan fingerprint density at radius 1 is 1.21 bits per heavy atom. The smallest absolute Gasteiger partial charge is 0.241 e. The van der Waals surface area contributed by atoms with Crippen molar-refractivity contribution in [3.05, 3.63) is 59.1 Å². The Morgan fingerprint density at radius 3 is 2.68 bits per heavy atom. The highest BCUT2D eigenvalue weighted by molar-refractivity contribution is 7.18. The van der Waals surface area contributed by atoms with Crippen LogP contribution in [-0.2, 0) is 4.79 Å². The summed E-state index contributed by atoms with van der Waals surface area (Å²) in [5, 5.41) is 13.3. The predicted molar refractivity (Wildman–Crippen MR) is 112 cm³/mol. The number of hydrogen-bond acceptors (Lipinski definition) is 5. The minimum absolute atomic E-state index is 0.0684. The number of piperidine rings is 1. The van der Waals surface area contributed by atoms with Gasteiger partial charge < -0.3 is 5.32 Å². The van der Waals surface area contributed by atoms with Crippen molar-refractivity contribution in [2.75, 3.05) is 18.4 Å². The molecule has 1 N–H and O–H groups in total. The van der Waals surface area contributed by atoms with Crippen molar-refractivity contribution < 1.29 is 4.79 Å². The zero-order chi connectivity index (χ0) is 19.5. The molecular formula is C22H22N4OS. The van der Waals surface area contributed by atoms with Crippen molar-refractivity contribution in [3.63, 3.8) is 0 Å². The molecule has 3 aromatic rings. The van der Waals surface area contributed by atoms with Crippen molar-refractivity contribution in [1.29, 1.82) is 5.26 Å². The summed E-state index contributed by atoms with van der Waals surface area (Å²) in [5.41, 5.74) is 2.14. The molecule has 0 saturated carbocycles. The standard InChI is InChI=1S/C22H22N4OS/c1-15(21(27)24-18-7-3-2-6-17(18)14-23)26-12-10-16(11-13-26)22-25-19-8-4-5-9-20(19)28-22/h2-9,15-16H,10-13H2,1H3,(H,24,27)/t15-/m1/s1. The van der Waals surface area contributed by atoms with Crippen molar-refractivity contribution in [2.45, 2.75) is 31.7 Å². The Balaban J connectivity index is 1.37. The number of anilines is 1. The van der Waals surface area contributed by atoms with Crippen LogP contribution in [0.4, 0.5) is 5.69 Å². The summed E-state index contributed by atoms with van der Waals surface area (Å²) in [6.45, 7) is 3.67. The second kappa shape index (κ2) is 8.09. The number of thiazole rings is 1. The molecule has 0 radical (unpaired) electrons. The van der Waals surface area contributed by atoms with Gasteiger partial charge in [-0.25, -0.2) is 4.98 Å². The Bertz CT molecular complexity index is 997. The lowest BCUT2D eigenvalue weighted by Gasteiger charge is -2.34. The topological polar surface area (TPSA) is 69.0 Å². The van der Waals surface area contributed by atoms with E-state index in [1.807, 2.05) is 19.1 Å². The van der Waals surface area contributed by atoms with E-state index in [1.54, 1.807) is 29.5 Å². The van der Waals surface area contributed by atoms with E-state index in [9.17, 15) is 10.1 Å². The molecular weight excluding hydrogens is 368 g/mol. The minimum atomic E-state index is -0.233. The molecule has 2 heterocycles. The summed E-state index contributed by atoms with van der Waals surface area (Å²) in [4.78, 5) is 19.7. The van der Waals surface area contributed by atoms with Crippen molar-refractivity contribution >= 4 is 33.1 Å². The molecule has 28 heavy (non-hydrogen) atoms. The number of rotatable bonds is 4. The monoisotopic (exact) mass is 390 g/mol. The number of amides is 1. The maximum absolute atomic E-state index is 12.7. The Labute approximate surface area is 168 Å². The molecule has 0 bridgehead atoms. The Hall–Kier alpha value is -2.75. The highest BCUT2D eigenvalue weighted by atomic mass is 32.1. The Kier molecular flexibility index (Phi) is 5.38. The van der Waals surface area contributed by atoms with E-state index >= 15 is 0 Å². The second-order valence-electron chi connectivity index (χ2n) is 7.15. The van der Waals surface area contributed by atoms with Crippen LogP contribution < -0.4 is 5.32 Å². The zero-order valence-corrected chi connectivity index (χ0v) is 16.6. The van der Waals surface area contributed by atoms with Gasteiger partial charge in [0.15, 0.2) is 0 Å². The van der Waals surface area contributed by atoms with Gasteiger partial charge in [-0.1, -0.05) is 24.3 Å². The number of fused-ring (bicyclic) bond motifs is 1. The second-order valence-corrected chi connectivity index (χ2v) is 8.21. The van der Waals surface area contributed by atoms with Gasteiger partial charge in [-0.05, 0) is 57.1 Å². The highest BCUT2D eigenvalue weighted by Crippen LogP contribution is 2.34. The molecule has 1 atom stereocenters. The third kappa shape index (κ3) is 3.77. The Morgan fingerprint density at radius 2 is 1.93 bits per heavy atom. The lowest BCUT2D eigenvalue weighted by Crippen LogP contribution is -2.45. The normalized spacial score (nSPS) is 16.6. The van der Waals surface area contributed by atoms with Crippen molar-refractivity contribution in [2.24, 2.45) is 0 Å². The van der Waals surface area contributed by atoms with Crippen LogP contribution in [-0.4, -0.2) is 34.9 Å². The van der Waals surface area contributed by atoms with Gasteiger partial charge in [0.05, 0.1) is 32.5 Å². The number of nitriles is 1. The zero-order valence-electron chi connectivity index (χ0n) is 15.8. The van der Waals surface area contributed by atoms with Crippen LogP contribution in [0.15, 0.2) is 48.5 Å². The van der Waals surface area contributed by atoms with E-state index < -0.39 is 0 Å². The van der Waals surface area contributed by atoms with E-state index in [1.165, 1.54) is 9.71 Å². The summed E-state index contributed by atoms with van der Waals surface area (Å²) < 4.78 is 1.24. The van der Waals surface area contributed by atoms with E-state index in [4.69, 9.17) is 4.98 Å². The third-order valence-electron chi connectivity index (χ3n) is 5.42. The van der Waals surface area contributed by atoms with Gasteiger partial charge >= 0.3 is 0 Å². The molecule has 2 aromatic carbocycles. The van der Waals surface area contributed by atoms with Gasteiger partial charge in [0.1, 0.15) is 6.07 Å². The first-order chi connectivity index (χ1) is 13.7. The van der Waals surface area contributed by atoms with E-state index in [0.717, 1.165) is 31.4 Å². The first-order valence-electron chi connectivity index (χ1n) is 9.55. The minimum Gasteiger partial charge on any atom is -0.324 e. The van der Waals surface area contributed by atoms with Gasteiger partial charge in [-0.15, -0.1) is 11.3 Å². The first-order valence-corrected chi connectivity index (χ1v) is 10.4. The number of nitrogens with one attached hydrogen (secondary N) is 1. The largest absolute Gasteiger partial charge is 0.324 e. The quantitative estimate of drug-likeness (QED) is 0.718. The maximum atomic E-state index is 12.7. The molecule has 1 aromatic heterocycles. The van der Waals surface area contributed by atoms with E-state index in [-0.39, 0.29) is 11.9 Å². The number of para-hydroxylation sites is 2. The number of likely N-dealkylation sites (tertiary alicyclic amines) is 1. The molecule has 0 aliphatic carbocycles. The number of carbonyl (C=O) groups is 1. The van der Waals surface area contributed by atoms with E-state index in [2.05, 4.69) is 34.5 Å². The number of benzene rings is 2. The average Bonchev–Trinajstić information content (AvgIpc) is 3.18. The van der Waals surface area contributed by atoms with Crippen molar-refractivity contribution in [3.8, 4) is 6.07 Å². The summed E-state index contributed by atoms with van der Waals surface area (Å²) >= 11 is 1.79. The molecule has 5 nitrogen and oxygen atoms in total. The fourth-order valence-corrected chi connectivity index (χ4v) is 4.83. The van der Waals surface area contributed by atoms with Crippen molar-refractivity contribution in [1.82, 2.24) is 9.88 Å². The van der Waals surface area contributed by atoms with Gasteiger partial charge in [-0.2, -0.15) is 5.26 Å². The maximum Gasteiger partial charge on any atom is 0.241 e. The van der Waals surface area contributed by atoms with Gasteiger partial charge in [0.2, 0.25) is 5.91 Å². The lowest BCUT2D eigenvalue weighted by molar-refractivity contribution is -0.121. The molecule has 0 spiro atoms. The van der Waals surface area contributed by atoms with Crippen LogP contribution in [0, 0.1) is 11.3 Å². The molecule has 4 rings (SSSR count). The van der Waals surface area contributed by atoms with Crippen LogP contribution in [0.2, 0.25) is 0 Å². The highest BCUT2D eigenvalue weighted by Gasteiger charge is 2.29. The van der Waals surface area contributed by atoms with Crippen LogP contribution in [0.5, 0.6) is 0 Å². The fraction of sp³-hybridized carbons (Fsp3) is 0.318. The molecule has 1 fully saturated rings. The average molecular weight is 391 g/mol. The molecule has 0 unspecified atom stereocenters. The fourth-order valence-electron chi connectivity index (χ4n) is 3.69. The van der Waals surface area contributed by atoms with Gasteiger partial charge in [-0.3, -0.25) is 9.69 Å². The number of aromatic nitrogens is 1. The summed E-state index contributed by atoms with van der Waals surface area (Å²) in [5.74, 6) is 0.393. The van der Waals surface area contributed by atoms with Crippen LogP contribution in [0.1, 0.15) is 36.3 Å². The number of hydrogen-bond donors (Lipinski definition) is 1. The molecule has 1 aliphatic rings. The predicted octanol–water partition coefficient (Wildman–Crippen LogP) is 4.37. The number of carbonyl (C=O) groups excluding carboxylic acids is 1. The summed E-state index contributed by atoms with van der Waals surface area (Å²) in [6, 6.07) is 17.3. The van der Waals surface area contributed by atoms with Crippen LogP contribution in [0.25, 0.3) is 10.2 Å². The third-order valence-corrected chi connectivity index (χ3v) is 6.62. The van der Waals surface area contributed by atoms with E-state index in [0.29, 0.717) is 17.2 Å². The van der Waals surface area contributed by atoms with Gasteiger partial charge in [0, 0.05) is 5.92 Å². The van der Waals surface area contributed by atoms with Crippen LogP contribution >= 0.6 is 11.3 Å². The molecule has 1 aliphatic heterocycles. The first kappa shape index (κ1) is 18.6. The molecule has 6 heteroatoms.